The van der Waals surface area contributed by atoms with Crippen LogP contribution in [0.2, 0.25) is 5.02 Å². The standard InChI is InChI=1S/C21H18ClNO6/c1-29-15-4-2-3-13(11-15)18-17(19(26)12-5-7-14(22)8-6-12)20(27)21(28)23(18)10-9-16(24)25/h2-8,11,18,26H,9-10H2,1H3,(H,24,25)/b19-17+/t18-/m0/s1. The largest absolute Gasteiger partial charge is 0.507 e. The fourth-order valence-corrected chi connectivity index (χ4v) is 3.37. The summed E-state index contributed by atoms with van der Waals surface area (Å²) in [6.07, 6.45) is -0.339. The highest BCUT2D eigenvalue weighted by Gasteiger charge is 2.46. The number of likely N-dealkylation sites (tertiary alicyclic amines) is 1. The molecule has 0 unspecified atom stereocenters. The van der Waals surface area contributed by atoms with E-state index in [4.69, 9.17) is 21.4 Å². The molecule has 1 fully saturated rings. The molecule has 150 valence electrons. The number of Topliss-reactive ketones (excluding diaryl/α,β-unsaturated/α-hetero) is 1. The van der Waals surface area contributed by atoms with Gasteiger partial charge in [-0.15, -0.1) is 0 Å². The normalized spacial score (nSPS) is 18.1. The summed E-state index contributed by atoms with van der Waals surface area (Å²) in [5.41, 5.74) is 0.721. The summed E-state index contributed by atoms with van der Waals surface area (Å²) in [7, 11) is 1.48. The molecule has 8 heteroatoms. The predicted molar refractivity (Wildman–Crippen MR) is 106 cm³/mol. The number of nitrogens with zero attached hydrogens (tertiary/aromatic N) is 1. The van der Waals surface area contributed by atoms with Crippen LogP contribution in [0.15, 0.2) is 54.1 Å². The van der Waals surface area contributed by atoms with E-state index in [0.29, 0.717) is 21.9 Å². The Morgan fingerprint density at radius 3 is 2.45 bits per heavy atom. The lowest BCUT2D eigenvalue weighted by Gasteiger charge is -2.25. The van der Waals surface area contributed by atoms with Crippen molar-refractivity contribution in [2.45, 2.75) is 12.5 Å². The van der Waals surface area contributed by atoms with E-state index in [0.717, 1.165) is 4.90 Å². The summed E-state index contributed by atoms with van der Waals surface area (Å²) in [6, 6.07) is 11.9. The Morgan fingerprint density at radius 2 is 1.83 bits per heavy atom. The van der Waals surface area contributed by atoms with Crippen molar-refractivity contribution in [1.82, 2.24) is 4.90 Å². The van der Waals surface area contributed by atoms with Gasteiger partial charge in [-0.1, -0.05) is 23.7 Å². The molecule has 0 radical (unpaired) electrons. The molecule has 29 heavy (non-hydrogen) atoms. The third-order valence-corrected chi connectivity index (χ3v) is 4.89. The quantitative estimate of drug-likeness (QED) is 0.426. The monoisotopic (exact) mass is 415 g/mol. The smallest absolute Gasteiger partial charge is 0.305 e. The van der Waals surface area contributed by atoms with Gasteiger partial charge < -0.3 is 19.8 Å². The molecule has 1 saturated heterocycles. The molecule has 0 bridgehead atoms. The summed E-state index contributed by atoms with van der Waals surface area (Å²) in [6.45, 7) is -0.181. The van der Waals surface area contributed by atoms with Crippen LogP contribution in [0.3, 0.4) is 0 Å². The molecule has 7 nitrogen and oxygen atoms in total. The topological polar surface area (TPSA) is 104 Å². The van der Waals surface area contributed by atoms with E-state index in [1.54, 1.807) is 36.4 Å². The van der Waals surface area contributed by atoms with Gasteiger partial charge in [0.25, 0.3) is 11.7 Å². The molecule has 0 aromatic heterocycles. The van der Waals surface area contributed by atoms with Gasteiger partial charge in [-0.2, -0.15) is 0 Å². The second kappa shape index (κ2) is 8.36. The molecule has 1 aliphatic rings. The number of carboxylic acid groups (broad SMARTS) is 1. The van der Waals surface area contributed by atoms with Gasteiger partial charge in [0.15, 0.2) is 0 Å². The first-order valence-corrected chi connectivity index (χ1v) is 9.11. The first-order chi connectivity index (χ1) is 13.8. The number of carbonyl (C=O) groups is 3. The first kappa shape index (κ1) is 20.4. The van der Waals surface area contributed by atoms with E-state index in [2.05, 4.69) is 0 Å². The summed E-state index contributed by atoms with van der Waals surface area (Å²) in [4.78, 5) is 37.6. The number of amides is 1. The van der Waals surface area contributed by atoms with Crippen molar-refractivity contribution in [3.05, 3.63) is 70.3 Å². The molecule has 1 aliphatic heterocycles. The summed E-state index contributed by atoms with van der Waals surface area (Å²) < 4.78 is 5.22. The number of aliphatic hydroxyl groups excluding tert-OH is 1. The molecule has 3 rings (SSSR count). The minimum Gasteiger partial charge on any atom is -0.507 e. The van der Waals surface area contributed by atoms with E-state index in [-0.39, 0.29) is 24.3 Å². The van der Waals surface area contributed by atoms with Crippen LogP contribution in [-0.4, -0.2) is 46.4 Å². The number of hydrogen-bond acceptors (Lipinski definition) is 5. The number of hydrogen-bond donors (Lipinski definition) is 2. The van der Waals surface area contributed by atoms with Gasteiger partial charge in [0.2, 0.25) is 0 Å². The lowest BCUT2D eigenvalue weighted by Crippen LogP contribution is -2.31. The van der Waals surface area contributed by atoms with Crippen LogP contribution in [0, 0.1) is 0 Å². The van der Waals surface area contributed by atoms with Crippen LogP contribution in [0.1, 0.15) is 23.6 Å². The van der Waals surface area contributed by atoms with Crippen molar-refractivity contribution in [2.75, 3.05) is 13.7 Å². The van der Waals surface area contributed by atoms with E-state index >= 15 is 0 Å². The maximum Gasteiger partial charge on any atom is 0.305 e. The number of aliphatic carboxylic acids is 1. The van der Waals surface area contributed by atoms with Crippen molar-refractivity contribution >= 4 is 35.0 Å². The molecule has 1 amide bonds. The van der Waals surface area contributed by atoms with Crippen LogP contribution in [0.5, 0.6) is 5.75 Å². The zero-order chi connectivity index (χ0) is 21.1. The van der Waals surface area contributed by atoms with Gasteiger partial charge >= 0.3 is 5.97 Å². The summed E-state index contributed by atoms with van der Waals surface area (Å²) in [5.74, 6) is -2.71. The Hall–Kier alpha value is -3.32. The Labute approximate surface area is 171 Å². The van der Waals surface area contributed by atoms with Gasteiger partial charge in [0, 0.05) is 17.1 Å². The third-order valence-electron chi connectivity index (χ3n) is 4.63. The van der Waals surface area contributed by atoms with E-state index < -0.39 is 23.7 Å². The molecular weight excluding hydrogens is 398 g/mol. The highest BCUT2D eigenvalue weighted by atomic mass is 35.5. The van der Waals surface area contributed by atoms with Gasteiger partial charge in [-0.25, -0.2) is 0 Å². The van der Waals surface area contributed by atoms with Crippen molar-refractivity contribution < 1.29 is 29.3 Å². The molecular formula is C21H18ClNO6. The molecule has 1 heterocycles. The lowest BCUT2D eigenvalue weighted by molar-refractivity contribution is -0.142. The Morgan fingerprint density at radius 1 is 1.14 bits per heavy atom. The van der Waals surface area contributed by atoms with Crippen molar-refractivity contribution in [3.8, 4) is 5.75 Å². The Balaban J connectivity index is 2.16. The molecule has 0 aliphatic carbocycles. The maximum atomic E-state index is 12.8. The van der Waals surface area contributed by atoms with E-state index in [9.17, 15) is 19.5 Å². The fourth-order valence-electron chi connectivity index (χ4n) is 3.25. The number of ether oxygens (including phenoxy) is 1. The number of carboxylic acids is 1. The van der Waals surface area contributed by atoms with Crippen LogP contribution in [-0.2, 0) is 14.4 Å². The molecule has 2 aromatic carbocycles. The molecule has 2 aromatic rings. The van der Waals surface area contributed by atoms with Crippen LogP contribution >= 0.6 is 11.6 Å². The lowest BCUT2D eigenvalue weighted by atomic mass is 9.95. The molecule has 0 spiro atoms. The number of ketones is 1. The summed E-state index contributed by atoms with van der Waals surface area (Å²) in [5, 5.41) is 20.3. The highest BCUT2D eigenvalue weighted by Crippen LogP contribution is 2.40. The van der Waals surface area contributed by atoms with Crippen molar-refractivity contribution in [3.63, 3.8) is 0 Å². The SMILES string of the molecule is COc1cccc([C@H]2/C(=C(\O)c3ccc(Cl)cc3)C(=O)C(=O)N2CCC(=O)O)c1. The highest BCUT2D eigenvalue weighted by molar-refractivity contribution is 6.46. The van der Waals surface area contributed by atoms with Crippen molar-refractivity contribution in [1.29, 1.82) is 0 Å². The van der Waals surface area contributed by atoms with Gasteiger partial charge in [-0.05, 0) is 42.0 Å². The number of benzene rings is 2. The average Bonchev–Trinajstić information content (AvgIpc) is 2.97. The van der Waals surface area contributed by atoms with Crippen LogP contribution in [0.25, 0.3) is 5.76 Å². The second-order valence-corrected chi connectivity index (χ2v) is 6.86. The van der Waals surface area contributed by atoms with E-state index in [1.165, 1.54) is 19.2 Å². The minimum absolute atomic E-state index is 0.115. The Bertz CT molecular complexity index is 998. The third kappa shape index (κ3) is 4.09. The maximum absolute atomic E-state index is 12.8. The number of methoxy groups -OCH3 is 1. The van der Waals surface area contributed by atoms with E-state index in [1.807, 2.05) is 0 Å². The van der Waals surface area contributed by atoms with Gasteiger partial charge in [0.05, 0.1) is 25.1 Å². The zero-order valence-corrected chi connectivity index (χ0v) is 16.2. The second-order valence-electron chi connectivity index (χ2n) is 6.42. The van der Waals surface area contributed by atoms with Gasteiger partial charge in [0.1, 0.15) is 11.5 Å². The molecule has 1 atom stereocenters. The molecule has 0 saturated carbocycles. The number of halogens is 1. The molecule has 2 N–H and O–H groups in total. The average molecular weight is 416 g/mol. The van der Waals surface area contributed by atoms with Crippen LogP contribution in [0.4, 0.5) is 0 Å². The number of carbonyl (C=O) groups excluding carboxylic acids is 2. The van der Waals surface area contributed by atoms with Gasteiger partial charge in [-0.3, -0.25) is 14.4 Å². The number of aliphatic hydroxyl groups is 1. The Kier molecular flexibility index (Phi) is 5.89. The first-order valence-electron chi connectivity index (χ1n) is 8.73. The predicted octanol–water partition coefficient (Wildman–Crippen LogP) is 3.25. The summed E-state index contributed by atoms with van der Waals surface area (Å²) >= 11 is 5.88. The van der Waals surface area contributed by atoms with Crippen LogP contribution < -0.4 is 4.74 Å². The number of rotatable bonds is 6. The zero-order valence-electron chi connectivity index (χ0n) is 15.5. The fraction of sp³-hybridized carbons (Fsp3) is 0.190. The van der Waals surface area contributed by atoms with Crippen molar-refractivity contribution in [2.24, 2.45) is 0 Å². The minimum atomic E-state index is -1.10.